The quantitative estimate of drug-likeness (QED) is 0.240. The van der Waals surface area contributed by atoms with Crippen LogP contribution < -0.4 is 4.74 Å². The van der Waals surface area contributed by atoms with Gasteiger partial charge in [0.05, 0.1) is 0 Å². The Bertz CT molecular complexity index is 1210. The van der Waals surface area contributed by atoms with Gasteiger partial charge in [-0.15, -0.1) is 6.58 Å². The van der Waals surface area contributed by atoms with Crippen molar-refractivity contribution < 1.29 is 9.13 Å². The highest BCUT2D eigenvalue weighted by atomic mass is 19.1. The molecule has 3 aromatic carbocycles. The van der Waals surface area contributed by atoms with E-state index in [2.05, 4.69) is 66.4 Å². The van der Waals surface area contributed by atoms with Crippen LogP contribution in [0.4, 0.5) is 4.39 Å². The van der Waals surface area contributed by atoms with Crippen LogP contribution in [0.1, 0.15) is 19.4 Å². The third kappa shape index (κ3) is 5.35. The molecule has 0 saturated heterocycles. The molecule has 0 radical (unpaired) electrons. The first kappa shape index (κ1) is 22.8. The second-order valence-corrected chi connectivity index (χ2v) is 8.18. The zero-order chi connectivity index (χ0) is 23.2. The van der Waals surface area contributed by atoms with Gasteiger partial charge in [-0.05, 0) is 84.7 Å². The Morgan fingerprint density at radius 3 is 2.18 bits per heavy atom. The summed E-state index contributed by atoms with van der Waals surface area (Å²) in [7, 11) is 0. The lowest BCUT2D eigenvalue weighted by Crippen LogP contribution is -2.26. The molecule has 1 aromatic heterocycles. The first-order chi connectivity index (χ1) is 16.1. The molecule has 0 aliphatic heterocycles. The van der Waals surface area contributed by atoms with Gasteiger partial charge in [-0.2, -0.15) is 0 Å². The molecule has 1 heterocycles. The van der Waals surface area contributed by atoms with E-state index in [1.165, 1.54) is 34.2 Å². The highest BCUT2D eigenvalue weighted by Gasteiger charge is 2.11. The van der Waals surface area contributed by atoms with Crippen molar-refractivity contribution in [2.45, 2.75) is 26.8 Å². The minimum Gasteiger partial charge on any atom is -0.457 e. The van der Waals surface area contributed by atoms with Crippen LogP contribution in [0.25, 0.3) is 22.0 Å². The monoisotopic (exact) mass is 442 g/mol. The van der Waals surface area contributed by atoms with Crippen molar-refractivity contribution in [2.24, 2.45) is 0 Å². The number of hydrogen-bond donors (Lipinski definition) is 0. The number of nitrogens with zero attached hydrogens (tertiary/aromatic N) is 2. The lowest BCUT2D eigenvalue weighted by molar-refractivity contribution is 0.292. The molecule has 0 amide bonds. The van der Waals surface area contributed by atoms with Gasteiger partial charge < -0.3 is 14.2 Å². The van der Waals surface area contributed by atoms with E-state index in [-0.39, 0.29) is 5.82 Å². The summed E-state index contributed by atoms with van der Waals surface area (Å²) in [6.07, 6.45) is 5.10. The van der Waals surface area contributed by atoms with Crippen LogP contribution in [0.2, 0.25) is 0 Å². The molecule has 0 aliphatic carbocycles. The molecule has 0 bridgehead atoms. The van der Waals surface area contributed by atoms with Crippen LogP contribution >= 0.6 is 0 Å². The van der Waals surface area contributed by atoms with Crippen molar-refractivity contribution in [2.75, 3.05) is 19.6 Å². The number of fused-ring (bicyclic) bond motifs is 1. The maximum absolute atomic E-state index is 13.1. The minimum atomic E-state index is -0.272. The zero-order valence-electron chi connectivity index (χ0n) is 19.4. The fraction of sp³-hybridized carbons (Fsp3) is 0.241. The van der Waals surface area contributed by atoms with Gasteiger partial charge in [0, 0.05) is 30.2 Å². The SMILES string of the molecule is C=CCc1cn(CCN(CC)CC)c2ccc(-c3ccc(Oc4ccc(F)cc4)cc3)cc12. The van der Waals surface area contributed by atoms with E-state index in [9.17, 15) is 4.39 Å². The molecule has 170 valence electrons. The van der Waals surface area contributed by atoms with E-state index in [1.54, 1.807) is 12.1 Å². The fourth-order valence-electron chi connectivity index (χ4n) is 4.20. The van der Waals surface area contributed by atoms with E-state index in [4.69, 9.17) is 4.74 Å². The molecule has 0 spiro atoms. The second-order valence-electron chi connectivity index (χ2n) is 8.18. The number of rotatable bonds is 10. The zero-order valence-corrected chi connectivity index (χ0v) is 19.4. The van der Waals surface area contributed by atoms with Crippen molar-refractivity contribution >= 4 is 10.9 Å². The van der Waals surface area contributed by atoms with Gasteiger partial charge in [0.25, 0.3) is 0 Å². The Kier molecular flexibility index (Phi) is 7.26. The average Bonchev–Trinajstić information content (AvgIpc) is 3.19. The normalized spacial score (nSPS) is 11.3. The highest BCUT2D eigenvalue weighted by Crippen LogP contribution is 2.30. The molecular weight excluding hydrogens is 411 g/mol. The smallest absolute Gasteiger partial charge is 0.127 e. The van der Waals surface area contributed by atoms with Gasteiger partial charge >= 0.3 is 0 Å². The number of benzene rings is 3. The number of halogens is 1. The van der Waals surface area contributed by atoms with Gasteiger partial charge in [-0.25, -0.2) is 4.39 Å². The topological polar surface area (TPSA) is 17.4 Å². The first-order valence-electron chi connectivity index (χ1n) is 11.6. The number of ether oxygens (including phenoxy) is 1. The molecule has 0 N–H and O–H groups in total. The van der Waals surface area contributed by atoms with Gasteiger partial charge in [-0.3, -0.25) is 0 Å². The molecule has 0 saturated carbocycles. The molecule has 33 heavy (non-hydrogen) atoms. The van der Waals surface area contributed by atoms with E-state index >= 15 is 0 Å². The first-order valence-corrected chi connectivity index (χ1v) is 11.6. The standard InChI is InChI=1S/C29H31FN2O/c1-4-7-24-21-32(19-18-31(5-2)6-3)29-17-10-23(20-28(24)29)22-8-13-26(14-9-22)33-27-15-11-25(30)12-16-27/h4,8-17,20-21H,1,5-7,18-19H2,2-3H3. The third-order valence-electron chi connectivity index (χ3n) is 6.12. The van der Waals surface area contributed by atoms with Gasteiger partial charge in [-0.1, -0.05) is 38.1 Å². The second kappa shape index (κ2) is 10.5. The van der Waals surface area contributed by atoms with Crippen molar-refractivity contribution in [3.8, 4) is 22.6 Å². The Hall–Kier alpha value is -3.37. The summed E-state index contributed by atoms with van der Waals surface area (Å²) in [4.78, 5) is 2.45. The van der Waals surface area contributed by atoms with Crippen molar-refractivity contribution in [3.63, 3.8) is 0 Å². The summed E-state index contributed by atoms with van der Waals surface area (Å²) in [5.41, 5.74) is 4.86. The van der Waals surface area contributed by atoms with Crippen molar-refractivity contribution in [3.05, 3.63) is 97.0 Å². The van der Waals surface area contributed by atoms with Crippen LogP contribution in [0, 0.1) is 5.82 Å². The molecule has 4 heteroatoms. The Balaban J connectivity index is 1.58. The molecule has 0 fully saturated rings. The number of allylic oxidation sites excluding steroid dienone is 1. The predicted molar refractivity (Wildman–Crippen MR) is 136 cm³/mol. The van der Waals surface area contributed by atoms with Crippen LogP contribution in [-0.4, -0.2) is 29.1 Å². The summed E-state index contributed by atoms with van der Waals surface area (Å²) < 4.78 is 21.3. The van der Waals surface area contributed by atoms with E-state index in [0.717, 1.165) is 43.9 Å². The van der Waals surface area contributed by atoms with Crippen molar-refractivity contribution in [1.82, 2.24) is 9.47 Å². The summed E-state index contributed by atoms with van der Waals surface area (Å²) in [5, 5.41) is 1.28. The van der Waals surface area contributed by atoms with Crippen LogP contribution in [-0.2, 0) is 13.0 Å². The summed E-state index contributed by atoms with van der Waals surface area (Å²) in [6, 6.07) is 20.7. The van der Waals surface area contributed by atoms with E-state index in [0.29, 0.717) is 5.75 Å². The summed E-state index contributed by atoms with van der Waals surface area (Å²) in [6.45, 7) is 12.5. The molecule has 4 rings (SSSR count). The van der Waals surface area contributed by atoms with Crippen molar-refractivity contribution in [1.29, 1.82) is 0 Å². The molecule has 0 unspecified atom stereocenters. The van der Waals surface area contributed by atoms with Crippen LogP contribution in [0.5, 0.6) is 11.5 Å². The molecular formula is C29H31FN2O. The molecule has 4 aromatic rings. The van der Waals surface area contributed by atoms with Gasteiger partial charge in [0.2, 0.25) is 0 Å². The van der Waals surface area contributed by atoms with Crippen LogP contribution in [0.15, 0.2) is 85.6 Å². The number of aromatic nitrogens is 1. The highest BCUT2D eigenvalue weighted by molar-refractivity contribution is 5.89. The predicted octanol–water partition coefficient (Wildman–Crippen LogP) is 7.31. The average molecular weight is 443 g/mol. The fourth-order valence-corrected chi connectivity index (χ4v) is 4.20. The maximum Gasteiger partial charge on any atom is 0.127 e. The lowest BCUT2D eigenvalue weighted by atomic mass is 10.0. The Morgan fingerprint density at radius 2 is 1.55 bits per heavy atom. The summed E-state index contributed by atoms with van der Waals surface area (Å²) >= 11 is 0. The third-order valence-corrected chi connectivity index (χ3v) is 6.12. The molecule has 0 atom stereocenters. The van der Waals surface area contributed by atoms with E-state index < -0.39 is 0 Å². The molecule has 0 aliphatic rings. The Morgan fingerprint density at radius 1 is 0.909 bits per heavy atom. The number of hydrogen-bond acceptors (Lipinski definition) is 2. The summed E-state index contributed by atoms with van der Waals surface area (Å²) in [5.74, 6) is 1.07. The minimum absolute atomic E-state index is 0.272. The van der Waals surface area contributed by atoms with Crippen LogP contribution in [0.3, 0.4) is 0 Å². The maximum atomic E-state index is 13.1. The van der Waals surface area contributed by atoms with E-state index in [1.807, 2.05) is 18.2 Å². The molecule has 3 nitrogen and oxygen atoms in total. The Labute approximate surface area is 195 Å². The number of likely N-dealkylation sites (N-methyl/N-ethyl adjacent to an activating group) is 1. The van der Waals surface area contributed by atoms with Gasteiger partial charge in [0.15, 0.2) is 0 Å². The lowest BCUT2D eigenvalue weighted by Gasteiger charge is -2.18. The van der Waals surface area contributed by atoms with Gasteiger partial charge in [0.1, 0.15) is 17.3 Å². The largest absolute Gasteiger partial charge is 0.457 e.